The third-order valence-corrected chi connectivity index (χ3v) is 3.54. The molecule has 0 saturated carbocycles. The maximum absolute atomic E-state index is 5.87. The molecule has 0 bridgehead atoms. The summed E-state index contributed by atoms with van der Waals surface area (Å²) in [5.74, 6) is 0.990. The van der Waals surface area contributed by atoms with E-state index in [1.807, 2.05) is 0 Å². The summed E-state index contributed by atoms with van der Waals surface area (Å²) in [6.07, 6.45) is 0. The summed E-state index contributed by atoms with van der Waals surface area (Å²) in [5, 5.41) is 0. The quantitative estimate of drug-likeness (QED) is 0.762. The van der Waals surface area contributed by atoms with Crippen molar-refractivity contribution in [2.45, 2.75) is 39.3 Å². The molecule has 0 aliphatic heterocycles. The van der Waals surface area contributed by atoms with Crippen LogP contribution >= 0.6 is 15.9 Å². The topological polar surface area (TPSA) is 9.23 Å². The molecule has 0 aromatic heterocycles. The average Bonchev–Trinajstić information content (AvgIpc) is 2.06. The zero-order valence-corrected chi connectivity index (χ0v) is 12.8. The fourth-order valence-electron chi connectivity index (χ4n) is 1.31. The lowest BCUT2D eigenvalue weighted by Crippen LogP contribution is -2.14. The van der Waals surface area contributed by atoms with Gasteiger partial charge in [-0.25, -0.2) is 0 Å². The van der Waals surface area contributed by atoms with Crippen molar-refractivity contribution in [3.05, 3.63) is 28.2 Å². The van der Waals surface area contributed by atoms with Gasteiger partial charge in [-0.05, 0) is 52.1 Å². The Bertz CT molecular complexity index is 347. The Morgan fingerprint density at radius 1 is 1.19 bits per heavy atom. The Labute approximate surface area is 125 Å². The lowest BCUT2D eigenvalue weighted by atomic mass is 9.87. The third-order valence-electron chi connectivity index (χ3n) is 2.16. The Hall–Kier alpha value is 0.483. The molecule has 1 aromatic rings. The normalized spacial score (nSPS) is 11.2. The minimum Gasteiger partial charge on any atom is -0.546 e. The van der Waals surface area contributed by atoms with Crippen molar-refractivity contribution in [3.8, 4) is 5.75 Å². The van der Waals surface area contributed by atoms with Crippen LogP contribution in [0.2, 0.25) is 13.1 Å². The van der Waals surface area contributed by atoms with Gasteiger partial charge in [-0.15, -0.1) is 0 Å². The van der Waals surface area contributed by atoms with Gasteiger partial charge in [-0.1, -0.05) is 26.8 Å². The Balaban J connectivity index is 0.00000225. The summed E-state index contributed by atoms with van der Waals surface area (Å²) >= 11 is 3.52. The standard InChI is InChI=1S/C12H19BrOSi.Mg.2H/c1-12(2,3)9-6-7-10(13)11(8-9)14-15(4)5;;;/h6-8,15H,1-5H3;;;. The molecular formula is C12H21BrMgOSi. The van der Waals surface area contributed by atoms with Crippen molar-refractivity contribution in [2.24, 2.45) is 0 Å². The van der Waals surface area contributed by atoms with E-state index >= 15 is 0 Å². The Morgan fingerprint density at radius 3 is 2.19 bits per heavy atom. The summed E-state index contributed by atoms with van der Waals surface area (Å²) in [7, 11) is -1.03. The van der Waals surface area contributed by atoms with Crippen LogP contribution in [-0.2, 0) is 5.41 Å². The third kappa shape index (κ3) is 4.77. The summed E-state index contributed by atoms with van der Waals surface area (Å²) in [5.41, 5.74) is 1.49. The molecule has 1 aromatic carbocycles. The number of hydrogen-bond acceptors (Lipinski definition) is 1. The molecule has 0 fully saturated rings. The van der Waals surface area contributed by atoms with Gasteiger partial charge in [0.1, 0.15) is 5.75 Å². The van der Waals surface area contributed by atoms with E-state index in [1.165, 1.54) is 5.56 Å². The molecule has 16 heavy (non-hydrogen) atoms. The van der Waals surface area contributed by atoms with Crippen LogP contribution < -0.4 is 4.43 Å². The van der Waals surface area contributed by atoms with Gasteiger partial charge >= 0.3 is 23.1 Å². The highest BCUT2D eigenvalue weighted by Crippen LogP contribution is 2.31. The maximum Gasteiger partial charge on any atom is 0.316 e. The zero-order chi connectivity index (χ0) is 11.6. The second-order valence-electron chi connectivity index (χ2n) is 5.06. The van der Waals surface area contributed by atoms with Gasteiger partial charge in [0, 0.05) is 0 Å². The SMILES string of the molecule is C[SiH](C)Oc1cc(C(C)(C)C)ccc1Br.[MgH2]. The number of benzene rings is 1. The summed E-state index contributed by atoms with van der Waals surface area (Å²) in [4.78, 5) is 0. The van der Waals surface area contributed by atoms with Gasteiger partial charge in [0.05, 0.1) is 4.47 Å². The van der Waals surface area contributed by atoms with E-state index in [2.05, 4.69) is 68.0 Å². The zero-order valence-electron chi connectivity index (χ0n) is 10.1. The van der Waals surface area contributed by atoms with E-state index in [1.54, 1.807) is 0 Å². The molecule has 1 nitrogen and oxygen atoms in total. The lowest BCUT2D eigenvalue weighted by Gasteiger charge is -2.21. The first-order valence-corrected chi connectivity index (χ1v) is 8.85. The van der Waals surface area contributed by atoms with Crippen molar-refractivity contribution >= 4 is 48.0 Å². The van der Waals surface area contributed by atoms with Crippen LogP contribution in [0.5, 0.6) is 5.75 Å². The summed E-state index contributed by atoms with van der Waals surface area (Å²) in [6, 6.07) is 6.38. The Morgan fingerprint density at radius 2 is 1.75 bits per heavy atom. The monoisotopic (exact) mass is 312 g/mol. The molecular weight excluding hydrogens is 292 g/mol. The first-order valence-electron chi connectivity index (χ1n) is 5.27. The van der Waals surface area contributed by atoms with Crippen LogP contribution in [0.4, 0.5) is 0 Å². The van der Waals surface area contributed by atoms with E-state index in [4.69, 9.17) is 4.43 Å². The molecule has 0 spiro atoms. The van der Waals surface area contributed by atoms with Crippen LogP contribution in [0, 0.1) is 0 Å². The number of halogens is 1. The molecule has 1 rings (SSSR count). The van der Waals surface area contributed by atoms with Gasteiger partial charge < -0.3 is 4.43 Å². The minimum absolute atomic E-state index is 0. The Kier molecular flexibility index (Phi) is 6.62. The van der Waals surface area contributed by atoms with Gasteiger partial charge in [0.25, 0.3) is 0 Å². The molecule has 0 amide bonds. The fourth-order valence-corrected chi connectivity index (χ4v) is 2.53. The van der Waals surface area contributed by atoms with Gasteiger partial charge in [-0.2, -0.15) is 0 Å². The van der Waals surface area contributed by atoms with Crippen LogP contribution in [0.3, 0.4) is 0 Å². The second kappa shape index (κ2) is 6.42. The van der Waals surface area contributed by atoms with Crippen LogP contribution in [0.25, 0.3) is 0 Å². The maximum atomic E-state index is 5.87. The summed E-state index contributed by atoms with van der Waals surface area (Å²) in [6.45, 7) is 11.0. The smallest absolute Gasteiger partial charge is 0.316 e. The predicted molar refractivity (Wildman–Crippen MR) is 80.9 cm³/mol. The van der Waals surface area contributed by atoms with Crippen molar-refractivity contribution in [3.63, 3.8) is 0 Å². The van der Waals surface area contributed by atoms with Gasteiger partial charge in [0.2, 0.25) is 9.04 Å². The van der Waals surface area contributed by atoms with Gasteiger partial charge in [0.15, 0.2) is 0 Å². The molecule has 0 unspecified atom stereocenters. The number of rotatable bonds is 2. The lowest BCUT2D eigenvalue weighted by molar-refractivity contribution is 0.558. The average molecular weight is 314 g/mol. The van der Waals surface area contributed by atoms with E-state index in [-0.39, 0.29) is 28.5 Å². The molecule has 0 N–H and O–H groups in total. The van der Waals surface area contributed by atoms with E-state index < -0.39 is 9.04 Å². The van der Waals surface area contributed by atoms with Crippen molar-refractivity contribution in [1.29, 1.82) is 0 Å². The van der Waals surface area contributed by atoms with Crippen molar-refractivity contribution in [2.75, 3.05) is 0 Å². The highest BCUT2D eigenvalue weighted by molar-refractivity contribution is 9.10. The van der Waals surface area contributed by atoms with E-state index in [0.29, 0.717) is 0 Å². The molecule has 0 heterocycles. The van der Waals surface area contributed by atoms with Crippen LogP contribution in [0.1, 0.15) is 26.3 Å². The van der Waals surface area contributed by atoms with Crippen molar-refractivity contribution < 1.29 is 4.43 Å². The largest absolute Gasteiger partial charge is 0.546 e. The van der Waals surface area contributed by atoms with Crippen molar-refractivity contribution in [1.82, 2.24) is 0 Å². The van der Waals surface area contributed by atoms with Crippen LogP contribution in [-0.4, -0.2) is 32.1 Å². The van der Waals surface area contributed by atoms with E-state index in [9.17, 15) is 0 Å². The first kappa shape index (κ1) is 16.5. The highest BCUT2D eigenvalue weighted by atomic mass is 79.9. The second-order valence-corrected chi connectivity index (χ2v) is 8.25. The minimum atomic E-state index is -1.03. The molecule has 4 heteroatoms. The highest BCUT2D eigenvalue weighted by Gasteiger charge is 2.15. The molecule has 0 atom stereocenters. The summed E-state index contributed by atoms with van der Waals surface area (Å²) < 4.78 is 6.93. The van der Waals surface area contributed by atoms with Crippen LogP contribution in [0.15, 0.2) is 22.7 Å². The molecule has 0 aliphatic rings. The van der Waals surface area contributed by atoms with Gasteiger partial charge in [-0.3, -0.25) is 0 Å². The molecule has 0 saturated heterocycles. The van der Waals surface area contributed by atoms with E-state index in [0.717, 1.165) is 10.2 Å². The first-order chi connectivity index (χ1) is 6.80. The fraction of sp³-hybridized carbons (Fsp3) is 0.500. The molecule has 88 valence electrons. The number of hydrogen-bond donors (Lipinski definition) is 0. The predicted octanol–water partition coefficient (Wildman–Crippen LogP) is 3.19. The molecule has 0 aliphatic carbocycles. The molecule has 0 radical (unpaired) electrons.